The van der Waals surface area contributed by atoms with Crippen molar-refractivity contribution in [3.8, 4) is 5.75 Å². The number of ether oxygens (including phenoxy) is 1. The van der Waals surface area contributed by atoms with Crippen molar-refractivity contribution in [2.75, 3.05) is 34.8 Å². The molecule has 0 aliphatic heterocycles. The molecule has 1 heterocycles. The van der Waals surface area contributed by atoms with Gasteiger partial charge in [0, 0.05) is 18.5 Å². The van der Waals surface area contributed by atoms with Crippen molar-refractivity contribution in [3.05, 3.63) is 11.9 Å². The van der Waals surface area contributed by atoms with Gasteiger partial charge in [-0.1, -0.05) is 6.92 Å². The molecule has 0 saturated carbocycles. The zero-order valence-electron chi connectivity index (χ0n) is 13.1. The molecule has 1 aromatic rings. The van der Waals surface area contributed by atoms with Crippen molar-refractivity contribution in [1.82, 2.24) is 20.0 Å². The van der Waals surface area contributed by atoms with Crippen LogP contribution in [-0.4, -0.2) is 55.5 Å². The first-order valence-electron chi connectivity index (χ1n) is 6.91. The van der Waals surface area contributed by atoms with Crippen LogP contribution in [0.1, 0.15) is 31.9 Å². The Labute approximate surface area is 116 Å². The Bertz CT molecular complexity index is 376. The molecule has 0 radical (unpaired) electrons. The zero-order valence-corrected chi connectivity index (χ0v) is 13.1. The van der Waals surface area contributed by atoms with E-state index in [1.165, 1.54) is 5.69 Å². The van der Waals surface area contributed by atoms with Gasteiger partial charge < -0.3 is 15.0 Å². The summed E-state index contributed by atoms with van der Waals surface area (Å²) in [4.78, 5) is 2.17. The standard InChI is InChI=1S/C14H28N4O/c1-11(9-12(2)15-3)14-13(19-6)10-16-18(14)8-7-17(4)5/h10-12,15H,7-9H2,1-6H3. The highest BCUT2D eigenvalue weighted by molar-refractivity contribution is 5.28. The van der Waals surface area contributed by atoms with Crippen molar-refractivity contribution in [1.29, 1.82) is 0 Å². The van der Waals surface area contributed by atoms with E-state index in [2.05, 4.69) is 47.9 Å². The first-order valence-corrected chi connectivity index (χ1v) is 6.91. The second kappa shape index (κ2) is 7.50. The van der Waals surface area contributed by atoms with E-state index in [1.807, 2.05) is 13.2 Å². The summed E-state index contributed by atoms with van der Waals surface area (Å²) in [6.07, 6.45) is 2.89. The Morgan fingerprint density at radius 2 is 2.11 bits per heavy atom. The molecule has 2 atom stereocenters. The smallest absolute Gasteiger partial charge is 0.160 e. The average Bonchev–Trinajstić information content (AvgIpc) is 2.78. The lowest BCUT2D eigenvalue weighted by molar-refractivity contribution is 0.358. The predicted molar refractivity (Wildman–Crippen MR) is 78.9 cm³/mol. The monoisotopic (exact) mass is 268 g/mol. The Hall–Kier alpha value is -1.07. The number of aromatic nitrogens is 2. The first kappa shape index (κ1) is 16.0. The molecule has 0 spiro atoms. The fourth-order valence-corrected chi connectivity index (χ4v) is 2.26. The molecular weight excluding hydrogens is 240 g/mol. The Morgan fingerprint density at radius 3 is 2.63 bits per heavy atom. The Kier molecular flexibility index (Phi) is 6.31. The van der Waals surface area contributed by atoms with Crippen LogP contribution in [0.4, 0.5) is 0 Å². The van der Waals surface area contributed by atoms with Gasteiger partial charge in [-0.25, -0.2) is 0 Å². The molecule has 1 N–H and O–H groups in total. The molecule has 19 heavy (non-hydrogen) atoms. The molecule has 0 bridgehead atoms. The number of rotatable bonds is 8. The lowest BCUT2D eigenvalue weighted by Gasteiger charge is -2.20. The highest BCUT2D eigenvalue weighted by Gasteiger charge is 2.19. The van der Waals surface area contributed by atoms with Crippen LogP contribution in [0.2, 0.25) is 0 Å². The summed E-state index contributed by atoms with van der Waals surface area (Å²) in [7, 11) is 7.86. The van der Waals surface area contributed by atoms with Crippen LogP contribution >= 0.6 is 0 Å². The quantitative estimate of drug-likeness (QED) is 0.777. The van der Waals surface area contributed by atoms with Crippen molar-refractivity contribution >= 4 is 0 Å². The molecular formula is C14H28N4O. The summed E-state index contributed by atoms with van der Waals surface area (Å²) >= 11 is 0. The number of nitrogens with one attached hydrogen (secondary N) is 1. The fraction of sp³-hybridized carbons (Fsp3) is 0.786. The molecule has 2 unspecified atom stereocenters. The minimum atomic E-state index is 0.419. The third-order valence-corrected chi connectivity index (χ3v) is 3.49. The maximum Gasteiger partial charge on any atom is 0.160 e. The van der Waals surface area contributed by atoms with Gasteiger partial charge in [-0.3, -0.25) is 4.68 Å². The lowest BCUT2D eigenvalue weighted by Crippen LogP contribution is -2.25. The topological polar surface area (TPSA) is 42.3 Å². The van der Waals surface area contributed by atoms with Gasteiger partial charge in [0.15, 0.2) is 5.75 Å². The van der Waals surface area contributed by atoms with E-state index in [1.54, 1.807) is 7.11 Å². The molecule has 5 nitrogen and oxygen atoms in total. The van der Waals surface area contributed by atoms with E-state index in [0.717, 1.165) is 25.3 Å². The van der Waals surface area contributed by atoms with E-state index in [0.29, 0.717) is 12.0 Å². The Morgan fingerprint density at radius 1 is 1.42 bits per heavy atom. The van der Waals surface area contributed by atoms with Crippen LogP contribution < -0.4 is 10.1 Å². The van der Waals surface area contributed by atoms with E-state index >= 15 is 0 Å². The number of likely N-dealkylation sites (N-methyl/N-ethyl adjacent to an activating group) is 1. The van der Waals surface area contributed by atoms with Gasteiger partial charge in [0.05, 0.1) is 25.5 Å². The molecule has 0 aliphatic carbocycles. The highest BCUT2D eigenvalue weighted by atomic mass is 16.5. The van der Waals surface area contributed by atoms with Crippen LogP contribution in [0, 0.1) is 0 Å². The molecule has 110 valence electrons. The van der Waals surface area contributed by atoms with Gasteiger partial charge in [0.2, 0.25) is 0 Å². The number of hydrogen-bond donors (Lipinski definition) is 1. The highest BCUT2D eigenvalue weighted by Crippen LogP contribution is 2.29. The van der Waals surface area contributed by atoms with Crippen molar-refractivity contribution in [2.24, 2.45) is 0 Å². The van der Waals surface area contributed by atoms with Crippen molar-refractivity contribution < 1.29 is 4.74 Å². The van der Waals surface area contributed by atoms with Crippen LogP contribution in [0.5, 0.6) is 5.75 Å². The maximum atomic E-state index is 5.45. The molecule has 1 rings (SSSR count). The molecule has 0 aliphatic rings. The van der Waals surface area contributed by atoms with Crippen LogP contribution in [0.15, 0.2) is 6.20 Å². The summed E-state index contributed by atoms with van der Waals surface area (Å²) in [5.41, 5.74) is 1.20. The second-order valence-corrected chi connectivity index (χ2v) is 5.45. The van der Waals surface area contributed by atoms with Gasteiger partial charge in [-0.2, -0.15) is 5.10 Å². The molecule has 0 saturated heterocycles. The molecule has 1 aromatic heterocycles. The van der Waals surface area contributed by atoms with E-state index in [-0.39, 0.29) is 0 Å². The molecule has 0 fully saturated rings. The van der Waals surface area contributed by atoms with E-state index < -0.39 is 0 Å². The van der Waals surface area contributed by atoms with E-state index in [9.17, 15) is 0 Å². The number of hydrogen-bond acceptors (Lipinski definition) is 4. The lowest BCUT2D eigenvalue weighted by atomic mass is 9.98. The van der Waals surface area contributed by atoms with Crippen LogP contribution in [0.25, 0.3) is 0 Å². The summed E-state index contributed by atoms with van der Waals surface area (Å²) in [5, 5.41) is 7.74. The summed E-state index contributed by atoms with van der Waals surface area (Å²) in [6, 6.07) is 0.483. The molecule has 0 aromatic carbocycles. The zero-order chi connectivity index (χ0) is 14.4. The third kappa shape index (κ3) is 4.51. The van der Waals surface area contributed by atoms with E-state index in [4.69, 9.17) is 4.74 Å². The van der Waals surface area contributed by atoms with Crippen LogP contribution in [0.3, 0.4) is 0 Å². The van der Waals surface area contributed by atoms with Gasteiger partial charge in [-0.05, 0) is 34.5 Å². The van der Waals surface area contributed by atoms with Gasteiger partial charge >= 0.3 is 0 Å². The summed E-state index contributed by atoms with van der Waals surface area (Å²) in [6.45, 7) is 6.30. The fourth-order valence-electron chi connectivity index (χ4n) is 2.26. The predicted octanol–water partition coefficient (Wildman–Crippen LogP) is 1.55. The summed E-state index contributed by atoms with van der Waals surface area (Å²) < 4.78 is 7.53. The minimum absolute atomic E-state index is 0.419. The van der Waals surface area contributed by atoms with Gasteiger partial charge in [0.1, 0.15) is 0 Å². The number of methoxy groups -OCH3 is 1. The average molecular weight is 268 g/mol. The molecule has 0 amide bonds. The second-order valence-electron chi connectivity index (χ2n) is 5.45. The molecule has 5 heteroatoms. The maximum absolute atomic E-state index is 5.45. The van der Waals surface area contributed by atoms with Crippen molar-refractivity contribution in [2.45, 2.75) is 38.8 Å². The van der Waals surface area contributed by atoms with Gasteiger partial charge in [0.25, 0.3) is 0 Å². The van der Waals surface area contributed by atoms with Crippen LogP contribution in [-0.2, 0) is 6.54 Å². The normalized spacial score (nSPS) is 14.7. The number of nitrogens with zero attached hydrogens (tertiary/aromatic N) is 3. The van der Waals surface area contributed by atoms with Crippen molar-refractivity contribution in [3.63, 3.8) is 0 Å². The largest absolute Gasteiger partial charge is 0.493 e. The first-order chi connectivity index (χ1) is 8.99. The van der Waals surface area contributed by atoms with Gasteiger partial charge in [-0.15, -0.1) is 0 Å². The SMILES string of the molecule is CNC(C)CC(C)c1c(OC)cnn1CCN(C)C. The Balaban J connectivity index is 2.85. The third-order valence-electron chi connectivity index (χ3n) is 3.49. The summed E-state index contributed by atoms with van der Waals surface area (Å²) in [5.74, 6) is 1.32. The minimum Gasteiger partial charge on any atom is -0.493 e.